The van der Waals surface area contributed by atoms with Gasteiger partial charge in [-0.05, 0) is 19.4 Å². The Morgan fingerprint density at radius 3 is 2.59 bits per heavy atom. The maximum absolute atomic E-state index is 12.6. The minimum absolute atomic E-state index is 0.0533. The molecule has 0 saturated carbocycles. The van der Waals surface area contributed by atoms with E-state index < -0.39 is 23.4 Å². The molecular weight excluding hydrogens is 282 g/mol. The molecule has 0 spiro atoms. The topological polar surface area (TPSA) is 78.5 Å². The summed E-state index contributed by atoms with van der Waals surface area (Å²) in [6, 6.07) is 6.71. The van der Waals surface area contributed by atoms with Gasteiger partial charge in [0.1, 0.15) is 12.1 Å². The first-order valence-corrected chi connectivity index (χ1v) is 6.80. The second kappa shape index (κ2) is 5.90. The van der Waals surface area contributed by atoms with Gasteiger partial charge < -0.3 is 10.6 Å². The monoisotopic (exact) mass is 299 g/mol. The summed E-state index contributed by atoms with van der Waals surface area (Å²) in [7, 11) is 0. The van der Waals surface area contributed by atoms with Gasteiger partial charge in [-0.1, -0.05) is 35.7 Å². The average Bonchev–Trinajstić information content (AvgIpc) is 2.70. The summed E-state index contributed by atoms with van der Waals surface area (Å²) in [6.45, 7) is 3.26. The van der Waals surface area contributed by atoms with Crippen LogP contribution in [0.5, 0.6) is 0 Å². The Hall–Kier alpha value is -2.81. The molecule has 1 aromatic rings. The molecule has 1 aromatic carbocycles. The lowest BCUT2D eigenvalue weighted by Gasteiger charge is -2.22. The Labute approximate surface area is 128 Å². The number of amides is 4. The normalized spacial score (nSPS) is 20.5. The lowest BCUT2D eigenvalue weighted by molar-refractivity contribution is -0.134. The van der Waals surface area contributed by atoms with Crippen molar-refractivity contribution >= 4 is 17.8 Å². The molecule has 1 aliphatic heterocycles. The molecule has 1 atom stereocenters. The number of nitrogens with one attached hydrogen (secondary N) is 2. The van der Waals surface area contributed by atoms with Gasteiger partial charge in [0.25, 0.3) is 5.91 Å². The minimum Gasteiger partial charge on any atom is -0.344 e. The number of carbonyl (C=O) groups is 3. The molecule has 1 heterocycles. The molecule has 1 fully saturated rings. The Balaban J connectivity index is 2.19. The van der Waals surface area contributed by atoms with E-state index in [0.717, 1.165) is 10.5 Å². The van der Waals surface area contributed by atoms with Gasteiger partial charge in [0.15, 0.2) is 0 Å². The number of hydrogen-bond donors (Lipinski definition) is 2. The number of nitrogens with zero attached hydrogens (tertiary/aromatic N) is 1. The predicted molar refractivity (Wildman–Crippen MR) is 80.6 cm³/mol. The SMILES string of the molecule is C#CCNC(=O)CN1C(=O)N[C@](C)(c2ccc(C)cc2)C1=O. The third kappa shape index (κ3) is 2.79. The zero-order valence-corrected chi connectivity index (χ0v) is 12.5. The molecule has 1 saturated heterocycles. The second-order valence-corrected chi connectivity index (χ2v) is 5.29. The van der Waals surface area contributed by atoms with Crippen LogP contribution in [0.3, 0.4) is 0 Å². The maximum atomic E-state index is 12.6. The summed E-state index contributed by atoms with van der Waals surface area (Å²) in [5, 5.41) is 5.07. The Bertz CT molecular complexity index is 660. The van der Waals surface area contributed by atoms with E-state index in [0.29, 0.717) is 5.56 Å². The van der Waals surface area contributed by atoms with Crippen molar-refractivity contribution in [3.05, 3.63) is 35.4 Å². The van der Waals surface area contributed by atoms with E-state index in [1.807, 2.05) is 19.1 Å². The van der Waals surface area contributed by atoms with E-state index in [2.05, 4.69) is 16.6 Å². The van der Waals surface area contributed by atoms with Crippen LogP contribution in [0.1, 0.15) is 18.1 Å². The van der Waals surface area contributed by atoms with Crippen LogP contribution in [-0.4, -0.2) is 35.8 Å². The van der Waals surface area contributed by atoms with Gasteiger partial charge in [0.05, 0.1) is 6.54 Å². The fraction of sp³-hybridized carbons (Fsp3) is 0.312. The van der Waals surface area contributed by atoms with Crippen LogP contribution in [0.25, 0.3) is 0 Å². The molecule has 0 unspecified atom stereocenters. The van der Waals surface area contributed by atoms with Gasteiger partial charge in [-0.3, -0.25) is 14.5 Å². The van der Waals surface area contributed by atoms with Gasteiger partial charge in [0.2, 0.25) is 5.91 Å². The number of hydrogen-bond acceptors (Lipinski definition) is 3. The highest BCUT2D eigenvalue weighted by atomic mass is 16.2. The molecule has 0 radical (unpaired) electrons. The van der Waals surface area contributed by atoms with Crippen LogP contribution in [0.2, 0.25) is 0 Å². The first-order chi connectivity index (χ1) is 10.4. The van der Waals surface area contributed by atoms with Crippen LogP contribution in [0.4, 0.5) is 4.79 Å². The van der Waals surface area contributed by atoms with E-state index in [1.165, 1.54) is 0 Å². The van der Waals surface area contributed by atoms with Crippen molar-refractivity contribution in [3.63, 3.8) is 0 Å². The second-order valence-electron chi connectivity index (χ2n) is 5.29. The van der Waals surface area contributed by atoms with E-state index in [1.54, 1.807) is 19.1 Å². The summed E-state index contributed by atoms with van der Waals surface area (Å²) < 4.78 is 0. The summed E-state index contributed by atoms with van der Waals surface area (Å²) in [5.41, 5.74) is 0.551. The molecule has 6 heteroatoms. The zero-order chi connectivity index (χ0) is 16.3. The van der Waals surface area contributed by atoms with E-state index >= 15 is 0 Å². The third-order valence-corrected chi connectivity index (χ3v) is 3.59. The molecule has 1 aliphatic rings. The molecule has 0 aromatic heterocycles. The number of carbonyl (C=O) groups excluding carboxylic acids is 3. The third-order valence-electron chi connectivity index (χ3n) is 3.59. The summed E-state index contributed by atoms with van der Waals surface area (Å²) in [6.07, 6.45) is 5.05. The lowest BCUT2D eigenvalue weighted by Crippen LogP contribution is -2.43. The van der Waals surface area contributed by atoms with Gasteiger partial charge >= 0.3 is 6.03 Å². The van der Waals surface area contributed by atoms with Crippen molar-refractivity contribution in [1.82, 2.24) is 15.5 Å². The molecule has 2 rings (SSSR count). The van der Waals surface area contributed by atoms with Gasteiger partial charge in [-0.2, -0.15) is 0 Å². The number of terminal acetylenes is 1. The molecule has 114 valence electrons. The fourth-order valence-electron chi connectivity index (χ4n) is 2.27. The Morgan fingerprint density at radius 1 is 1.36 bits per heavy atom. The van der Waals surface area contributed by atoms with Crippen molar-refractivity contribution in [3.8, 4) is 12.3 Å². The first-order valence-electron chi connectivity index (χ1n) is 6.80. The average molecular weight is 299 g/mol. The number of urea groups is 1. The fourth-order valence-corrected chi connectivity index (χ4v) is 2.27. The number of benzene rings is 1. The molecule has 0 bridgehead atoms. The minimum atomic E-state index is -1.17. The molecule has 4 amide bonds. The molecule has 2 N–H and O–H groups in total. The van der Waals surface area contributed by atoms with E-state index in [4.69, 9.17) is 6.42 Å². The standard InChI is InChI=1S/C16H17N3O3/c1-4-9-17-13(20)10-19-14(21)16(3,18-15(19)22)12-7-5-11(2)6-8-12/h1,5-8H,9-10H2,2-3H3,(H,17,20)(H,18,22)/t16-/m1/s1. The van der Waals surface area contributed by atoms with Crippen molar-refractivity contribution in [2.75, 3.05) is 13.1 Å². The summed E-state index contributed by atoms with van der Waals surface area (Å²) >= 11 is 0. The smallest absolute Gasteiger partial charge is 0.325 e. The Morgan fingerprint density at radius 2 is 2.00 bits per heavy atom. The summed E-state index contributed by atoms with van der Waals surface area (Å²) in [5.74, 6) is 1.32. The van der Waals surface area contributed by atoms with Crippen LogP contribution >= 0.6 is 0 Å². The van der Waals surface area contributed by atoms with E-state index in [-0.39, 0.29) is 13.1 Å². The van der Waals surface area contributed by atoms with Crippen LogP contribution in [-0.2, 0) is 15.1 Å². The van der Waals surface area contributed by atoms with Gasteiger partial charge in [0, 0.05) is 0 Å². The van der Waals surface area contributed by atoms with Crippen LogP contribution < -0.4 is 10.6 Å². The lowest BCUT2D eigenvalue weighted by atomic mass is 9.91. The first kappa shape index (κ1) is 15.6. The van der Waals surface area contributed by atoms with Crippen molar-refractivity contribution in [2.24, 2.45) is 0 Å². The van der Waals surface area contributed by atoms with Crippen molar-refractivity contribution < 1.29 is 14.4 Å². The highest BCUT2D eigenvalue weighted by molar-refractivity contribution is 6.09. The highest BCUT2D eigenvalue weighted by Gasteiger charge is 2.49. The number of imide groups is 1. The van der Waals surface area contributed by atoms with E-state index in [9.17, 15) is 14.4 Å². The van der Waals surface area contributed by atoms with Crippen LogP contribution in [0.15, 0.2) is 24.3 Å². The van der Waals surface area contributed by atoms with Gasteiger partial charge in [-0.15, -0.1) is 6.42 Å². The quantitative estimate of drug-likeness (QED) is 0.628. The largest absolute Gasteiger partial charge is 0.344 e. The van der Waals surface area contributed by atoms with Crippen LogP contribution in [0, 0.1) is 19.3 Å². The number of rotatable bonds is 4. The number of aryl methyl sites for hydroxylation is 1. The van der Waals surface area contributed by atoms with Gasteiger partial charge in [-0.25, -0.2) is 4.79 Å². The zero-order valence-electron chi connectivity index (χ0n) is 12.5. The molecule has 22 heavy (non-hydrogen) atoms. The predicted octanol–water partition coefficient (Wildman–Crippen LogP) is 0.511. The highest BCUT2D eigenvalue weighted by Crippen LogP contribution is 2.28. The maximum Gasteiger partial charge on any atom is 0.325 e. The Kier molecular flexibility index (Phi) is 4.18. The molecule has 6 nitrogen and oxygen atoms in total. The van der Waals surface area contributed by atoms with Crippen molar-refractivity contribution in [1.29, 1.82) is 0 Å². The molecular formula is C16H17N3O3. The molecule has 0 aliphatic carbocycles. The van der Waals surface area contributed by atoms with Crippen molar-refractivity contribution in [2.45, 2.75) is 19.4 Å². The summed E-state index contributed by atoms with van der Waals surface area (Å²) in [4.78, 5) is 37.1.